The summed E-state index contributed by atoms with van der Waals surface area (Å²) in [5.41, 5.74) is 2.69. The first kappa shape index (κ1) is 10.4. The Morgan fingerprint density at radius 1 is 1.12 bits per heavy atom. The van der Waals surface area contributed by atoms with Gasteiger partial charge in [0.1, 0.15) is 5.75 Å². The van der Waals surface area contributed by atoms with Crippen LogP contribution in [0, 0.1) is 0 Å². The molecule has 0 radical (unpaired) electrons. The van der Waals surface area contributed by atoms with Gasteiger partial charge in [-0.05, 0) is 42.5 Å². The summed E-state index contributed by atoms with van der Waals surface area (Å²) < 4.78 is 5.17. The number of aromatic amines is 1. The van der Waals surface area contributed by atoms with Crippen LogP contribution in [0.5, 0.6) is 5.75 Å². The maximum atomic E-state index is 5.17. The molecule has 17 heavy (non-hydrogen) atoms. The monoisotopic (exact) mass is 228 g/mol. The van der Waals surface area contributed by atoms with Crippen molar-refractivity contribution in [3.05, 3.63) is 47.8 Å². The number of rotatable bonds is 3. The third kappa shape index (κ3) is 1.93. The Bertz CT molecular complexity index is 469. The number of benzene rings is 1. The highest BCUT2D eigenvalue weighted by Crippen LogP contribution is 2.46. The van der Waals surface area contributed by atoms with E-state index in [2.05, 4.69) is 28.4 Å². The second kappa shape index (κ2) is 4.24. The maximum absolute atomic E-state index is 5.17. The van der Waals surface area contributed by atoms with Gasteiger partial charge in [-0.2, -0.15) is 5.10 Å². The first-order valence-corrected chi connectivity index (χ1v) is 6.00. The van der Waals surface area contributed by atoms with Crippen LogP contribution < -0.4 is 4.74 Å². The molecule has 1 aromatic heterocycles. The van der Waals surface area contributed by atoms with Gasteiger partial charge < -0.3 is 4.74 Å². The first-order chi connectivity index (χ1) is 8.36. The van der Waals surface area contributed by atoms with Gasteiger partial charge in [0.05, 0.1) is 7.11 Å². The van der Waals surface area contributed by atoms with E-state index in [-0.39, 0.29) is 0 Å². The fraction of sp³-hybridized carbons (Fsp3) is 0.357. The van der Waals surface area contributed by atoms with Crippen LogP contribution in [0.15, 0.2) is 36.5 Å². The summed E-state index contributed by atoms with van der Waals surface area (Å²) in [5.74, 6) is 2.27. The molecule has 0 spiro atoms. The molecule has 0 amide bonds. The molecule has 1 N–H and O–H groups in total. The molecule has 1 fully saturated rings. The van der Waals surface area contributed by atoms with Gasteiger partial charge in [-0.15, -0.1) is 0 Å². The number of nitrogens with zero attached hydrogens (tertiary/aromatic N) is 1. The van der Waals surface area contributed by atoms with Crippen LogP contribution in [0.25, 0.3) is 0 Å². The summed E-state index contributed by atoms with van der Waals surface area (Å²) in [4.78, 5) is 0. The Morgan fingerprint density at radius 2 is 1.88 bits per heavy atom. The molecule has 0 bridgehead atoms. The summed E-state index contributed by atoms with van der Waals surface area (Å²) in [5, 5.41) is 7.06. The van der Waals surface area contributed by atoms with Crippen LogP contribution in [-0.4, -0.2) is 17.3 Å². The van der Waals surface area contributed by atoms with Crippen molar-refractivity contribution in [2.24, 2.45) is 0 Å². The second-order valence-electron chi connectivity index (χ2n) is 4.65. The zero-order valence-electron chi connectivity index (χ0n) is 9.89. The molecule has 0 aliphatic heterocycles. The lowest BCUT2D eigenvalue weighted by molar-refractivity contribution is 0.344. The van der Waals surface area contributed by atoms with E-state index in [9.17, 15) is 0 Å². The molecule has 1 aliphatic rings. The predicted octanol–water partition coefficient (Wildman–Crippen LogP) is 3.08. The van der Waals surface area contributed by atoms with Crippen molar-refractivity contribution in [2.45, 2.75) is 24.7 Å². The van der Waals surface area contributed by atoms with Crippen LogP contribution in [0.4, 0.5) is 0 Å². The fourth-order valence-electron chi connectivity index (χ4n) is 2.51. The summed E-state index contributed by atoms with van der Waals surface area (Å²) in [6, 6.07) is 10.5. The zero-order chi connectivity index (χ0) is 11.7. The Labute approximate surface area is 101 Å². The third-order valence-corrected chi connectivity index (χ3v) is 3.69. The van der Waals surface area contributed by atoms with Gasteiger partial charge in [0.2, 0.25) is 0 Å². The van der Waals surface area contributed by atoms with E-state index in [1.165, 1.54) is 24.1 Å². The predicted molar refractivity (Wildman–Crippen MR) is 66.3 cm³/mol. The van der Waals surface area contributed by atoms with Gasteiger partial charge in [-0.25, -0.2) is 0 Å². The van der Waals surface area contributed by atoms with Gasteiger partial charge in [0.15, 0.2) is 0 Å². The van der Waals surface area contributed by atoms with E-state index < -0.39 is 0 Å². The van der Waals surface area contributed by atoms with Crippen LogP contribution in [-0.2, 0) is 0 Å². The quantitative estimate of drug-likeness (QED) is 0.876. The molecule has 3 rings (SSSR count). The van der Waals surface area contributed by atoms with Gasteiger partial charge in [0, 0.05) is 17.8 Å². The fourth-order valence-corrected chi connectivity index (χ4v) is 2.51. The lowest BCUT2D eigenvalue weighted by atomic mass is 9.70. The van der Waals surface area contributed by atoms with Crippen molar-refractivity contribution in [3.8, 4) is 5.75 Å². The summed E-state index contributed by atoms with van der Waals surface area (Å²) in [6.45, 7) is 0. The van der Waals surface area contributed by atoms with E-state index >= 15 is 0 Å². The highest BCUT2D eigenvalue weighted by Gasteiger charge is 2.32. The minimum absolute atomic E-state index is 0.657. The molecule has 3 nitrogen and oxygen atoms in total. The van der Waals surface area contributed by atoms with Crippen LogP contribution in [0.3, 0.4) is 0 Å². The van der Waals surface area contributed by atoms with Crippen LogP contribution in [0.1, 0.15) is 35.9 Å². The zero-order valence-corrected chi connectivity index (χ0v) is 9.89. The SMILES string of the molecule is COc1ccc(C2CC(c3ccn[nH]3)C2)cc1. The molecule has 2 aromatic rings. The molecule has 88 valence electrons. The van der Waals surface area contributed by atoms with Gasteiger partial charge in [-0.1, -0.05) is 12.1 Å². The molecule has 3 heteroatoms. The Kier molecular flexibility index (Phi) is 2.59. The van der Waals surface area contributed by atoms with E-state index in [0.717, 1.165) is 5.75 Å². The smallest absolute Gasteiger partial charge is 0.118 e. The number of aromatic nitrogens is 2. The number of H-pyrrole nitrogens is 1. The van der Waals surface area contributed by atoms with E-state index in [1.54, 1.807) is 7.11 Å². The Morgan fingerprint density at radius 3 is 2.47 bits per heavy atom. The average Bonchev–Trinajstić information content (AvgIpc) is 2.82. The standard InChI is InChI=1S/C14H16N2O/c1-17-13-4-2-10(3-5-13)11-8-12(9-11)14-6-7-15-16-14/h2-7,11-12H,8-9H2,1H3,(H,15,16). The topological polar surface area (TPSA) is 37.9 Å². The van der Waals surface area contributed by atoms with Crippen molar-refractivity contribution in [3.63, 3.8) is 0 Å². The molecule has 1 aliphatic carbocycles. The minimum atomic E-state index is 0.657. The first-order valence-electron chi connectivity index (χ1n) is 6.00. The van der Waals surface area contributed by atoms with Gasteiger partial charge in [0.25, 0.3) is 0 Å². The summed E-state index contributed by atoms with van der Waals surface area (Å²) in [7, 11) is 1.70. The number of hydrogen-bond donors (Lipinski definition) is 1. The molecule has 1 heterocycles. The lowest BCUT2D eigenvalue weighted by Gasteiger charge is -2.35. The lowest BCUT2D eigenvalue weighted by Crippen LogP contribution is -2.20. The highest BCUT2D eigenvalue weighted by atomic mass is 16.5. The van der Waals surface area contributed by atoms with E-state index in [4.69, 9.17) is 4.74 Å². The minimum Gasteiger partial charge on any atom is -0.497 e. The van der Waals surface area contributed by atoms with Gasteiger partial charge >= 0.3 is 0 Å². The van der Waals surface area contributed by atoms with Crippen LogP contribution >= 0.6 is 0 Å². The normalized spacial score (nSPS) is 23.1. The summed E-state index contributed by atoms with van der Waals surface area (Å²) in [6.07, 6.45) is 4.26. The highest BCUT2D eigenvalue weighted by molar-refractivity contribution is 5.32. The maximum Gasteiger partial charge on any atom is 0.118 e. The Balaban J connectivity index is 1.64. The van der Waals surface area contributed by atoms with Gasteiger partial charge in [-0.3, -0.25) is 5.10 Å². The van der Waals surface area contributed by atoms with E-state index in [1.807, 2.05) is 18.3 Å². The van der Waals surface area contributed by atoms with Crippen molar-refractivity contribution in [2.75, 3.05) is 7.11 Å². The van der Waals surface area contributed by atoms with E-state index in [0.29, 0.717) is 11.8 Å². The molecule has 0 atom stereocenters. The molecule has 1 aromatic carbocycles. The Hall–Kier alpha value is -1.77. The van der Waals surface area contributed by atoms with Crippen molar-refractivity contribution in [1.82, 2.24) is 10.2 Å². The summed E-state index contributed by atoms with van der Waals surface area (Å²) >= 11 is 0. The molecular weight excluding hydrogens is 212 g/mol. The average molecular weight is 228 g/mol. The number of ether oxygens (including phenoxy) is 1. The van der Waals surface area contributed by atoms with Crippen LogP contribution in [0.2, 0.25) is 0 Å². The van der Waals surface area contributed by atoms with Crippen molar-refractivity contribution >= 4 is 0 Å². The molecule has 0 saturated heterocycles. The largest absolute Gasteiger partial charge is 0.497 e. The number of nitrogens with one attached hydrogen (secondary N) is 1. The molecule has 0 unspecified atom stereocenters. The number of methoxy groups -OCH3 is 1. The van der Waals surface area contributed by atoms with Crippen molar-refractivity contribution < 1.29 is 4.74 Å². The number of hydrogen-bond acceptors (Lipinski definition) is 2. The molecule has 1 saturated carbocycles. The molecular formula is C14H16N2O. The second-order valence-corrected chi connectivity index (χ2v) is 4.65. The van der Waals surface area contributed by atoms with Crippen molar-refractivity contribution in [1.29, 1.82) is 0 Å². The third-order valence-electron chi connectivity index (χ3n) is 3.69.